The zero-order valence-electron chi connectivity index (χ0n) is 10.7. The van der Waals surface area contributed by atoms with Crippen molar-refractivity contribution in [1.29, 1.82) is 0 Å². The van der Waals surface area contributed by atoms with Crippen molar-refractivity contribution < 1.29 is 4.74 Å². The third-order valence-electron chi connectivity index (χ3n) is 2.73. The third kappa shape index (κ3) is 2.62. The average molecular weight is 263 g/mol. The molecule has 2 rings (SSSR count). The lowest BCUT2D eigenvalue weighted by atomic mass is 10.2. The molecule has 0 atom stereocenters. The van der Waals surface area contributed by atoms with Gasteiger partial charge in [0, 0.05) is 16.8 Å². The van der Waals surface area contributed by atoms with Crippen LogP contribution in [0.2, 0.25) is 5.15 Å². The Morgan fingerprint density at radius 3 is 2.67 bits per heavy atom. The summed E-state index contributed by atoms with van der Waals surface area (Å²) in [6, 6.07) is 7.70. The quantitative estimate of drug-likeness (QED) is 0.789. The van der Waals surface area contributed by atoms with Gasteiger partial charge in [-0.1, -0.05) is 23.7 Å². The first-order chi connectivity index (χ1) is 8.61. The van der Waals surface area contributed by atoms with E-state index in [-0.39, 0.29) is 0 Å². The molecule has 0 spiro atoms. The van der Waals surface area contributed by atoms with Crippen molar-refractivity contribution in [1.82, 2.24) is 9.97 Å². The van der Waals surface area contributed by atoms with Crippen LogP contribution in [0.15, 0.2) is 24.3 Å². The van der Waals surface area contributed by atoms with E-state index in [0.29, 0.717) is 17.6 Å². The van der Waals surface area contributed by atoms with Gasteiger partial charge in [0.15, 0.2) is 5.82 Å². The van der Waals surface area contributed by atoms with Gasteiger partial charge in [0.1, 0.15) is 10.9 Å². The third-order valence-corrected chi connectivity index (χ3v) is 3.10. The molecule has 1 aromatic heterocycles. The number of benzene rings is 1. The molecule has 0 aliphatic heterocycles. The van der Waals surface area contributed by atoms with Crippen LogP contribution in [0.1, 0.15) is 18.2 Å². The summed E-state index contributed by atoms with van der Waals surface area (Å²) in [5.74, 6) is 1.44. The molecule has 1 aromatic carbocycles. The van der Waals surface area contributed by atoms with E-state index in [1.807, 2.05) is 45.0 Å². The normalized spacial score (nSPS) is 10.4. The van der Waals surface area contributed by atoms with Crippen LogP contribution < -0.4 is 4.74 Å². The number of rotatable bonds is 3. The van der Waals surface area contributed by atoms with Gasteiger partial charge in [0.25, 0.3) is 0 Å². The van der Waals surface area contributed by atoms with Crippen molar-refractivity contribution in [3.05, 3.63) is 40.7 Å². The summed E-state index contributed by atoms with van der Waals surface area (Å²) in [6.45, 7) is 6.44. The molecule has 0 bridgehead atoms. The first-order valence-electron chi connectivity index (χ1n) is 5.85. The van der Waals surface area contributed by atoms with Crippen molar-refractivity contribution in [2.24, 2.45) is 0 Å². The van der Waals surface area contributed by atoms with E-state index >= 15 is 0 Å². The van der Waals surface area contributed by atoms with Crippen LogP contribution in [0.25, 0.3) is 11.4 Å². The first-order valence-corrected chi connectivity index (χ1v) is 6.23. The standard InChI is InChI=1S/C14H15ClN2O/c1-4-18-12-7-5-6-11(8-12)14-16-10(3)9(2)13(15)17-14/h5-8H,4H2,1-3H3. The number of aromatic nitrogens is 2. The van der Waals surface area contributed by atoms with Crippen LogP contribution in [0.5, 0.6) is 5.75 Å². The topological polar surface area (TPSA) is 35.0 Å². The molecule has 0 radical (unpaired) electrons. The molecule has 0 amide bonds. The monoisotopic (exact) mass is 262 g/mol. The van der Waals surface area contributed by atoms with Gasteiger partial charge in [-0.05, 0) is 32.9 Å². The molecule has 94 valence electrons. The molecule has 18 heavy (non-hydrogen) atoms. The molecule has 0 unspecified atom stereocenters. The summed E-state index contributed by atoms with van der Waals surface area (Å²) in [5.41, 5.74) is 2.72. The van der Waals surface area contributed by atoms with E-state index in [1.54, 1.807) is 0 Å². The predicted octanol–water partition coefficient (Wildman–Crippen LogP) is 3.81. The molecule has 1 heterocycles. The van der Waals surface area contributed by atoms with Crippen LogP contribution in [-0.4, -0.2) is 16.6 Å². The Kier molecular flexibility index (Phi) is 3.82. The number of hydrogen-bond donors (Lipinski definition) is 0. The first kappa shape index (κ1) is 12.8. The molecular weight excluding hydrogens is 248 g/mol. The largest absolute Gasteiger partial charge is 0.494 e. The van der Waals surface area contributed by atoms with Crippen molar-refractivity contribution >= 4 is 11.6 Å². The second-order valence-corrected chi connectivity index (χ2v) is 4.37. The molecule has 0 saturated carbocycles. The fraction of sp³-hybridized carbons (Fsp3) is 0.286. The summed E-state index contributed by atoms with van der Waals surface area (Å²) < 4.78 is 5.46. The maximum absolute atomic E-state index is 6.09. The second kappa shape index (κ2) is 5.36. The summed E-state index contributed by atoms with van der Waals surface area (Å²) in [7, 11) is 0. The molecule has 0 aliphatic rings. The molecule has 0 saturated heterocycles. The Balaban J connectivity index is 2.45. The van der Waals surface area contributed by atoms with Crippen LogP contribution in [0.4, 0.5) is 0 Å². The van der Waals surface area contributed by atoms with Crippen molar-refractivity contribution in [2.75, 3.05) is 6.61 Å². The number of hydrogen-bond acceptors (Lipinski definition) is 3. The maximum atomic E-state index is 6.09. The van der Waals surface area contributed by atoms with E-state index in [2.05, 4.69) is 9.97 Å². The molecule has 3 nitrogen and oxygen atoms in total. The van der Waals surface area contributed by atoms with Crippen molar-refractivity contribution in [2.45, 2.75) is 20.8 Å². The zero-order chi connectivity index (χ0) is 13.1. The van der Waals surface area contributed by atoms with E-state index in [0.717, 1.165) is 22.6 Å². The van der Waals surface area contributed by atoms with Crippen LogP contribution >= 0.6 is 11.6 Å². The molecule has 0 aliphatic carbocycles. The lowest BCUT2D eigenvalue weighted by Crippen LogP contribution is -1.97. The predicted molar refractivity (Wildman–Crippen MR) is 73.1 cm³/mol. The Morgan fingerprint density at radius 2 is 2.00 bits per heavy atom. The Hall–Kier alpha value is -1.61. The van der Waals surface area contributed by atoms with Gasteiger partial charge in [0.05, 0.1) is 6.61 Å². The highest BCUT2D eigenvalue weighted by molar-refractivity contribution is 6.30. The second-order valence-electron chi connectivity index (χ2n) is 4.01. The zero-order valence-corrected chi connectivity index (χ0v) is 11.5. The van der Waals surface area contributed by atoms with Gasteiger partial charge in [-0.25, -0.2) is 9.97 Å². The van der Waals surface area contributed by atoms with Crippen molar-refractivity contribution in [3.63, 3.8) is 0 Å². The molecule has 4 heteroatoms. The smallest absolute Gasteiger partial charge is 0.161 e. The fourth-order valence-electron chi connectivity index (χ4n) is 1.61. The van der Waals surface area contributed by atoms with E-state index in [9.17, 15) is 0 Å². The number of halogens is 1. The van der Waals surface area contributed by atoms with Gasteiger partial charge in [-0.2, -0.15) is 0 Å². The van der Waals surface area contributed by atoms with Gasteiger partial charge in [0.2, 0.25) is 0 Å². The molecule has 0 fully saturated rings. The Labute approximate surface area is 112 Å². The highest BCUT2D eigenvalue weighted by Crippen LogP contribution is 2.24. The van der Waals surface area contributed by atoms with E-state index < -0.39 is 0 Å². The molecule has 0 N–H and O–H groups in total. The highest BCUT2D eigenvalue weighted by atomic mass is 35.5. The number of ether oxygens (including phenoxy) is 1. The minimum atomic E-state index is 0.499. The summed E-state index contributed by atoms with van der Waals surface area (Å²) >= 11 is 6.09. The molecular formula is C14H15ClN2O. The lowest BCUT2D eigenvalue weighted by Gasteiger charge is -2.08. The van der Waals surface area contributed by atoms with Crippen molar-refractivity contribution in [3.8, 4) is 17.1 Å². The summed E-state index contributed by atoms with van der Waals surface area (Å²) in [6.07, 6.45) is 0. The Morgan fingerprint density at radius 1 is 1.22 bits per heavy atom. The maximum Gasteiger partial charge on any atom is 0.161 e. The summed E-state index contributed by atoms with van der Waals surface area (Å²) in [5, 5.41) is 0.499. The van der Waals surface area contributed by atoms with Crippen LogP contribution in [0, 0.1) is 13.8 Å². The number of aryl methyl sites for hydroxylation is 1. The van der Waals surface area contributed by atoms with Gasteiger partial charge < -0.3 is 4.74 Å². The van der Waals surface area contributed by atoms with Gasteiger partial charge >= 0.3 is 0 Å². The summed E-state index contributed by atoms with van der Waals surface area (Å²) in [4.78, 5) is 8.76. The van der Waals surface area contributed by atoms with Gasteiger partial charge in [-0.3, -0.25) is 0 Å². The fourth-order valence-corrected chi connectivity index (χ4v) is 1.83. The number of nitrogens with zero attached hydrogens (tertiary/aromatic N) is 2. The van der Waals surface area contributed by atoms with Crippen LogP contribution in [-0.2, 0) is 0 Å². The SMILES string of the molecule is CCOc1cccc(-c2nc(C)c(C)c(Cl)n2)c1. The van der Waals surface area contributed by atoms with E-state index in [4.69, 9.17) is 16.3 Å². The molecule has 2 aromatic rings. The van der Waals surface area contributed by atoms with Gasteiger partial charge in [-0.15, -0.1) is 0 Å². The van der Waals surface area contributed by atoms with E-state index in [1.165, 1.54) is 0 Å². The average Bonchev–Trinajstić information content (AvgIpc) is 2.36. The highest BCUT2D eigenvalue weighted by Gasteiger charge is 2.08. The minimum Gasteiger partial charge on any atom is -0.494 e. The Bertz CT molecular complexity index is 546. The van der Waals surface area contributed by atoms with Crippen LogP contribution in [0.3, 0.4) is 0 Å². The lowest BCUT2D eigenvalue weighted by molar-refractivity contribution is 0.340. The minimum absolute atomic E-state index is 0.499.